The Kier molecular flexibility index (Phi) is 4.26. The average Bonchev–Trinajstić information content (AvgIpc) is 2.46. The Labute approximate surface area is 125 Å². The molecule has 2 rings (SSSR count). The van der Waals surface area contributed by atoms with E-state index >= 15 is 0 Å². The van der Waals surface area contributed by atoms with E-state index in [1.807, 2.05) is 0 Å². The largest absolute Gasteiger partial charge is 0.377 e. The third-order valence-electron chi connectivity index (χ3n) is 3.30. The second-order valence-electron chi connectivity index (χ2n) is 4.74. The number of nitrogens with zero attached hydrogens (tertiary/aromatic N) is 1. The first-order valence-electron chi connectivity index (χ1n) is 6.20. The highest BCUT2D eigenvalue weighted by Crippen LogP contribution is 2.44. The van der Waals surface area contributed by atoms with Gasteiger partial charge in [-0.2, -0.15) is 8.78 Å². The van der Waals surface area contributed by atoms with Gasteiger partial charge in [-0.3, -0.25) is 4.98 Å². The third kappa shape index (κ3) is 2.59. The molecule has 0 saturated carbocycles. The Bertz CT molecular complexity index is 681. The zero-order chi connectivity index (χ0) is 16.5. The van der Waals surface area contributed by atoms with Crippen molar-refractivity contribution < 1.29 is 22.7 Å². The minimum Gasteiger partial charge on any atom is -0.377 e. The van der Waals surface area contributed by atoms with E-state index in [0.29, 0.717) is 6.07 Å². The molecule has 0 aliphatic rings. The van der Waals surface area contributed by atoms with E-state index in [4.69, 9.17) is 13.6 Å². The first kappa shape index (κ1) is 16.4. The van der Waals surface area contributed by atoms with Crippen molar-refractivity contribution in [1.82, 2.24) is 4.98 Å². The van der Waals surface area contributed by atoms with Crippen molar-refractivity contribution in [2.45, 2.75) is 11.5 Å². The van der Waals surface area contributed by atoms with Gasteiger partial charge in [0.2, 0.25) is 0 Å². The van der Waals surface area contributed by atoms with Gasteiger partial charge in [0.1, 0.15) is 25.2 Å². The number of halogens is 4. The zero-order valence-electron chi connectivity index (χ0n) is 11.2. The molecule has 0 fully saturated rings. The van der Waals surface area contributed by atoms with E-state index in [1.165, 1.54) is 0 Å². The molecule has 3 N–H and O–H groups in total. The number of aromatic nitrogens is 1. The summed E-state index contributed by atoms with van der Waals surface area (Å²) in [5.74, 6) is -6.31. The number of hydrogen-bond acceptors (Lipinski definition) is 3. The summed E-state index contributed by atoms with van der Waals surface area (Å²) >= 11 is 0. The fourth-order valence-electron chi connectivity index (χ4n) is 2.04. The maximum absolute atomic E-state index is 14.6. The number of hydrogen-bond donors (Lipinski definition) is 2. The molecule has 8 heteroatoms. The normalized spacial score (nSPS) is 14.6. The van der Waals surface area contributed by atoms with Gasteiger partial charge in [-0.25, -0.2) is 8.78 Å². The highest BCUT2D eigenvalue weighted by atomic mass is 19.3. The van der Waals surface area contributed by atoms with Crippen LogP contribution < -0.4 is 11.2 Å². The van der Waals surface area contributed by atoms with Crippen LogP contribution in [-0.4, -0.2) is 24.5 Å². The Morgan fingerprint density at radius 1 is 1.18 bits per heavy atom. The Morgan fingerprint density at radius 2 is 1.86 bits per heavy atom. The second-order valence-corrected chi connectivity index (χ2v) is 4.74. The molecule has 22 heavy (non-hydrogen) atoms. The summed E-state index contributed by atoms with van der Waals surface area (Å²) in [6, 6.07) is 3.93. The van der Waals surface area contributed by atoms with Gasteiger partial charge in [-0.1, -0.05) is 17.6 Å². The van der Waals surface area contributed by atoms with Crippen LogP contribution in [0.25, 0.3) is 0 Å². The molecule has 1 unspecified atom stereocenters. The van der Waals surface area contributed by atoms with Crippen LogP contribution in [0, 0.1) is 11.6 Å². The average molecular weight is 310 g/mol. The van der Waals surface area contributed by atoms with Crippen LogP contribution in [0.4, 0.5) is 17.6 Å². The SMILES string of the molecule is [B]c1ccc(C(F)(F)C(O)(CN)c2ccc(F)cc2F)nc1. The first-order chi connectivity index (χ1) is 10.2. The Morgan fingerprint density at radius 3 is 2.36 bits per heavy atom. The highest BCUT2D eigenvalue weighted by Gasteiger charge is 2.56. The molecule has 0 amide bonds. The molecule has 1 heterocycles. The van der Waals surface area contributed by atoms with Crippen molar-refractivity contribution in [3.63, 3.8) is 0 Å². The summed E-state index contributed by atoms with van der Waals surface area (Å²) in [4.78, 5) is 3.45. The maximum Gasteiger partial charge on any atom is 0.323 e. The molecule has 1 aromatic heterocycles. The van der Waals surface area contributed by atoms with Crippen molar-refractivity contribution in [3.05, 3.63) is 59.4 Å². The molecule has 0 aliphatic carbocycles. The summed E-state index contributed by atoms with van der Waals surface area (Å²) in [5.41, 5.74) is 0.655. The lowest BCUT2D eigenvalue weighted by Gasteiger charge is -2.35. The summed E-state index contributed by atoms with van der Waals surface area (Å²) in [5, 5.41) is 10.3. The first-order valence-corrected chi connectivity index (χ1v) is 6.20. The standard InChI is InChI=1S/C14H11BF4N2O/c15-8-1-4-12(21-6-8)14(18,19)13(22,7-20)10-3-2-9(16)5-11(10)17/h1-6,22H,7,20H2. The van der Waals surface area contributed by atoms with Gasteiger partial charge in [0.15, 0.2) is 5.60 Å². The number of benzene rings is 1. The second kappa shape index (κ2) is 5.70. The molecule has 114 valence electrons. The van der Waals surface area contributed by atoms with Crippen LogP contribution in [0.1, 0.15) is 11.3 Å². The lowest BCUT2D eigenvalue weighted by atomic mass is 9.84. The van der Waals surface area contributed by atoms with Crippen LogP contribution in [0.3, 0.4) is 0 Å². The molecule has 3 nitrogen and oxygen atoms in total. The molecular weight excluding hydrogens is 299 g/mol. The van der Waals surface area contributed by atoms with Crippen molar-refractivity contribution in [3.8, 4) is 0 Å². The minimum atomic E-state index is -4.02. The third-order valence-corrected chi connectivity index (χ3v) is 3.30. The molecule has 0 aliphatic heterocycles. The Hall–Kier alpha value is -1.93. The number of rotatable bonds is 4. The van der Waals surface area contributed by atoms with Crippen LogP contribution in [-0.2, 0) is 11.5 Å². The van der Waals surface area contributed by atoms with E-state index in [-0.39, 0.29) is 5.46 Å². The number of nitrogens with two attached hydrogens (primary N) is 1. The smallest absolute Gasteiger partial charge is 0.323 e. The number of pyridine rings is 1. The van der Waals surface area contributed by atoms with E-state index in [2.05, 4.69) is 4.98 Å². The van der Waals surface area contributed by atoms with E-state index in [9.17, 15) is 22.7 Å². The van der Waals surface area contributed by atoms with Gasteiger partial charge in [-0.05, 0) is 12.1 Å². The van der Waals surface area contributed by atoms with E-state index in [0.717, 1.165) is 30.5 Å². The summed E-state index contributed by atoms with van der Waals surface area (Å²) in [6.45, 7) is -1.01. The van der Waals surface area contributed by atoms with Crippen LogP contribution in [0.2, 0.25) is 0 Å². The van der Waals surface area contributed by atoms with Gasteiger partial charge < -0.3 is 10.8 Å². The van der Waals surface area contributed by atoms with Gasteiger partial charge in [0.05, 0.1) is 0 Å². The summed E-state index contributed by atoms with van der Waals surface area (Å²) < 4.78 is 56.0. The molecule has 0 saturated heterocycles. The zero-order valence-corrected chi connectivity index (χ0v) is 11.2. The van der Waals surface area contributed by atoms with Crippen molar-refractivity contribution in [1.29, 1.82) is 0 Å². The predicted molar refractivity (Wildman–Crippen MR) is 72.8 cm³/mol. The van der Waals surface area contributed by atoms with Crippen molar-refractivity contribution in [2.24, 2.45) is 5.73 Å². The van der Waals surface area contributed by atoms with Crippen LogP contribution >= 0.6 is 0 Å². The van der Waals surface area contributed by atoms with Crippen molar-refractivity contribution in [2.75, 3.05) is 6.54 Å². The van der Waals surface area contributed by atoms with Crippen LogP contribution in [0.5, 0.6) is 0 Å². The molecule has 2 radical (unpaired) electrons. The summed E-state index contributed by atoms with van der Waals surface area (Å²) in [7, 11) is 5.37. The predicted octanol–water partition coefficient (Wildman–Crippen LogP) is 1.09. The fourth-order valence-corrected chi connectivity index (χ4v) is 2.04. The Balaban J connectivity index is 2.59. The molecule has 2 aromatic rings. The number of aliphatic hydroxyl groups is 1. The van der Waals surface area contributed by atoms with E-state index < -0.39 is 41.0 Å². The summed E-state index contributed by atoms with van der Waals surface area (Å²) in [6.07, 6.45) is 0.973. The lowest BCUT2D eigenvalue weighted by molar-refractivity contribution is -0.193. The molecular formula is C14H11BF4N2O. The number of alkyl halides is 2. The lowest BCUT2D eigenvalue weighted by Crippen LogP contribution is -2.50. The van der Waals surface area contributed by atoms with Gasteiger partial charge in [0.25, 0.3) is 0 Å². The maximum atomic E-state index is 14.6. The quantitative estimate of drug-likeness (QED) is 0.656. The van der Waals surface area contributed by atoms with Gasteiger partial charge in [0, 0.05) is 24.4 Å². The van der Waals surface area contributed by atoms with Gasteiger partial charge >= 0.3 is 5.92 Å². The van der Waals surface area contributed by atoms with Gasteiger partial charge in [-0.15, -0.1) is 0 Å². The fraction of sp³-hybridized carbons (Fsp3) is 0.214. The molecule has 1 aromatic carbocycles. The topological polar surface area (TPSA) is 59.1 Å². The molecule has 0 spiro atoms. The van der Waals surface area contributed by atoms with Crippen molar-refractivity contribution >= 4 is 13.3 Å². The monoisotopic (exact) mass is 310 g/mol. The molecule has 0 bridgehead atoms. The minimum absolute atomic E-state index is 0.142. The van der Waals surface area contributed by atoms with E-state index in [1.54, 1.807) is 0 Å². The van der Waals surface area contributed by atoms with Crippen LogP contribution in [0.15, 0.2) is 36.5 Å². The molecule has 1 atom stereocenters. The highest BCUT2D eigenvalue weighted by molar-refractivity contribution is 6.32.